The molecule has 6 nitrogen and oxygen atoms in total. The molecular weight excluding hydrogens is 388 g/mol. The normalized spacial score (nSPS) is 23.4. The number of amides is 1. The molecule has 0 bridgehead atoms. The first-order chi connectivity index (χ1) is 14.5. The maximum Gasteiger partial charge on any atom is 0.270 e. The molecule has 0 atom stereocenters. The number of carbonyl (C=O) groups is 1. The number of aromatic nitrogens is 2. The predicted octanol–water partition coefficient (Wildman–Crippen LogP) is 3.50. The highest BCUT2D eigenvalue weighted by Gasteiger charge is 2.37. The van der Waals surface area contributed by atoms with Crippen LogP contribution in [0.25, 0.3) is 10.9 Å². The molecule has 8 heteroatoms. The van der Waals surface area contributed by atoms with Crippen molar-refractivity contribution in [3.8, 4) is 0 Å². The van der Waals surface area contributed by atoms with Crippen LogP contribution in [0.2, 0.25) is 0 Å². The lowest BCUT2D eigenvalue weighted by atomic mass is 10.1. The van der Waals surface area contributed by atoms with Crippen LogP contribution in [-0.2, 0) is 0 Å². The molecule has 5 rings (SSSR count). The Balaban J connectivity index is 1.28. The van der Waals surface area contributed by atoms with Gasteiger partial charge in [0.05, 0.1) is 18.3 Å². The van der Waals surface area contributed by atoms with Gasteiger partial charge in [-0.1, -0.05) is 12.8 Å². The minimum atomic E-state index is -2.80. The highest BCUT2D eigenvalue weighted by molar-refractivity contribution is 5.98. The average molecular weight is 418 g/mol. The van der Waals surface area contributed by atoms with E-state index in [1.807, 2.05) is 6.07 Å². The first kappa shape index (κ1) is 19.7. The molecule has 0 aromatic carbocycles. The Kier molecular flexibility index (Phi) is 5.13. The summed E-state index contributed by atoms with van der Waals surface area (Å²) in [6.45, 7) is 3.89. The minimum Gasteiger partial charge on any atom is -0.354 e. The molecule has 0 unspecified atom stereocenters. The molecule has 4 heterocycles. The lowest BCUT2D eigenvalue weighted by Crippen LogP contribution is -2.49. The number of carbonyl (C=O) groups excluding carboxylic acids is 1. The summed E-state index contributed by atoms with van der Waals surface area (Å²) in [7, 11) is 0. The van der Waals surface area contributed by atoms with E-state index in [4.69, 9.17) is 0 Å². The zero-order chi connectivity index (χ0) is 20.7. The molecule has 1 amide bonds. The van der Waals surface area contributed by atoms with Crippen LogP contribution in [0, 0.1) is 0 Å². The second-order valence-corrected chi connectivity index (χ2v) is 8.96. The Bertz CT molecular complexity index is 915. The summed E-state index contributed by atoms with van der Waals surface area (Å²) in [4.78, 5) is 26.6. The van der Waals surface area contributed by atoms with Crippen LogP contribution in [0.1, 0.15) is 49.0 Å². The minimum absolute atomic E-state index is 0.148. The number of nitrogens with zero attached hydrogens (tertiary/aromatic N) is 4. The number of fused-ring (bicyclic) bond motifs is 1. The number of nitrogens with one attached hydrogen (secondary N) is 1. The third kappa shape index (κ3) is 3.89. The third-order valence-electron chi connectivity index (χ3n) is 6.88. The number of hydrogen-bond donors (Lipinski definition) is 1. The first-order valence-corrected chi connectivity index (χ1v) is 11.1. The summed E-state index contributed by atoms with van der Waals surface area (Å²) in [5, 5.41) is 0.894. The highest BCUT2D eigenvalue weighted by Crippen LogP contribution is 2.29. The molecule has 1 aliphatic carbocycles. The molecule has 1 N–H and O–H groups in total. The van der Waals surface area contributed by atoms with E-state index in [1.54, 1.807) is 12.3 Å². The van der Waals surface area contributed by atoms with E-state index in [1.165, 1.54) is 30.6 Å². The van der Waals surface area contributed by atoms with E-state index < -0.39 is 12.5 Å². The van der Waals surface area contributed by atoms with Gasteiger partial charge >= 0.3 is 0 Å². The SMILES string of the molecule is O=C(c1cc2cc(N3CCN(C4CCCC4)CC3)ncc2[nH]1)N1CCCC(F)(F)C1. The Morgan fingerprint density at radius 1 is 1.07 bits per heavy atom. The van der Waals surface area contributed by atoms with Crippen molar-refractivity contribution in [3.05, 3.63) is 24.0 Å². The van der Waals surface area contributed by atoms with Crippen LogP contribution in [0.5, 0.6) is 0 Å². The van der Waals surface area contributed by atoms with E-state index >= 15 is 0 Å². The molecule has 0 spiro atoms. The number of rotatable bonds is 3. The summed E-state index contributed by atoms with van der Waals surface area (Å²) in [6.07, 6.45) is 7.29. The van der Waals surface area contributed by atoms with Crippen molar-refractivity contribution in [2.75, 3.05) is 44.2 Å². The molecule has 3 aliphatic rings. The van der Waals surface area contributed by atoms with Crippen LogP contribution in [0.4, 0.5) is 14.6 Å². The zero-order valence-electron chi connectivity index (χ0n) is 17.2. The van der Waals surface area contributed by atoms with Crippen molar-refractivity contribution in [2.24, 2.45) is 0 Å². The summed E-state index contributed by atoms with van der Waals surface area (Å²) in [5.74, 6) is -2.25. The predicted molar refractivity (Wildman–Crippen MR) is 112 cm³/mol. The first-order valence-electron chi connectivity index (χ1n) is 11.1. The summed E-state index contributed by atoms with van der Waals surface area (Å²) < 4.78 is 27.4. The van der Waals surface area contributed by atoms with Crippen LogP contribution >= 0.6 is 0 Å². The van der Waals surface area contributed by atoms with Crippen LogP contribution in [0.15, 0.2) is 18.3 Å². The van der Waals surface area contributed by atoms with Gasteiger partial charge in [-0.05, 0) is 31.4 Å². The number of likely N-dealkylation sites (tertiary alicyclic amines) is 1. The van der Waals surface area contributed by atoms with Crippen molar-refractivity contribution in [3.63, 3.8) is 0 Å². The van der Waals surface area contributed by atoms with E-state index in [9.17, 15) is 13.6 Å². The molecule has 0 radical (unpaired) electrons. The van der Waals surface area contributed by atoms with Crippen molar-refractivity contribution >= 4 is 22.6 Å². The fourth-order valence-electron chi connectivity index (χ4n) is 5.20. The molecule has 2 aliphatic heterocycles. The summed E-state index contributed by atoms with van der Waals surface area (Å²) in [5.41, 5.74) is 1.11. The fraction of sp³-hybridized carbons (Fsp3) is 0.636. The summed E-state index contributed by atoms with van der Waals surface area (Å²) >= 11 is 0. The third-order valence-corrected chi connectivity index (χ3v) is 6.88. The van der Waals surface area contributed by atoms with E-state index in [0.717, 1.165) is 48.9 Å². The Hall–Kier alpha value is -2.22. The molecule has 30 heavy (non-hydrogen) atoms. The van der Waals surface area contributed by atoms with Gasteiger partial charge in [-0.3, -0.25) is 9.69 Å². The van der Waals surface area contributed by atoms with Gasteiger partial charge in [-0.15, -0.1) is 0 Å². The number of hydrogen-bond acceptors (Lipinski definition) is 4. The number of H-pyrrole nitrogens is 1. The summed E-state index contributed by atoms with van der Waals surface area (Å²) in [6, 6.07) is 4.52. The second-order valence-electron chi connectivity index (χ2n) is 8.96. The van der Waals surface area contributed by atoms with Crippen LogP contribution in [-0.4, -0.2) is 76.9 Å². The molecule has 2 aromatic rings. The lowest BCUT2D eigenvalue weighted by Gasteiger charge is -2.38. The second kappa shape index (κ2) is 7.80. The highest BCUT2D eigenvalue weighted by atomic mass is 19.3. The van der Waals surface area contributed by atoms with Gasteiger partial charge in [0.2, 0.25) is 0 Å². The topological polar surface area (TPSA) is 55.5 Å². The molecule has 162 valence electrons. The van der Waals surface area contributed by atoms with Gasteiger partial charge in [-0.25, -0.2) is 13.8 Å². The van der Waals surface area contributed by atoms with Gasteiger partial charge in [0, 0.05) is 50.6 Å². The zero-order valence-corrected chi connectivity index (χ0v) is 17.2. The van der Waals surface area contributed by atoms with Crippen molar-refractivity contribution in [2.45, 2.75) is 50.5 Å². The quantitative estimate of drug-likeness (QED) is 0.831. The van der Waals surface area contributed by atoms with Gasteiger partial charge in [0.1, 0.15) is 11.5 Å². The van der Waals surface area contributed by atoms with Gasteiger partial charge < -0.3 is 14.8 Å². The Morgan fingerprint density at radius 3 is 2.57 bits per heavy atom. The molecule has 2 saturated heterocycles. The van der Waals surface area contributed by atoms with Crippen molar-refractivity contribution < 1.29 is 13.6 Å². The molecule has 1 saturated carbocycles. The Morgan fingerprint density at radius 2 is 1.83 bits per heavy atom. The van der Waals surface area contributed by atoms with Gasteiger partial charge in [0.25, 0.3) is 11.8 Å². The Labute approximate surface area is 175 Å². The van der Waals surface area contributed by atoms with Crippen molar-refractivity contribution in [1.29, 1.82) is 0 Å². The van der Waals surface area contributed by atoms with Gasteiger partial charge in [-0.2, -0.15) is 0 Å². The van der Waals surface area contributed by atoms with E-state index in [-0.39, 0.29) is 12.3 Å². The standard InChI is InChI=1S/C22H29F2N5O/c23-22(24)6-3-7-29(15-22)21(30)18-12-16-13-20(25-14-19(16)26-18)28-10-8-27(9-11-28)17-4-1-2-5-17/h12-14,17,26H,1-11,15H2. The van der Waals surface area contributed by atoms with E-state index in [0.29, 0.717) is 18.7 Å². The molecular formula is C22H29F2N5O. The largest absolute Gasteiger partial charge is 0.354 e. The maximum absolute atomic E-state index is 13.7. The number of piperazine rings is 1. The number of piperidine rings is 1. The number of aromatic amines is 1. The lowest BCUT2D eigenvalue weighted by molar-refractivity contribution is -0.0561. The van der Waals surface area contributed by atoms with Crippen molar-refractivity contribution in [1.82, 2.24) is 19.8 Å². The fourth-order valence-corrected chi connectivity index (χ4v) is 5.20. The molecule has 2 aromatic heterocycles. The van der Waals surface area contributed by atoms with Crippen LogP contribution < -0.4 is 4.90 Å². The number of alkyl halides is 2. The van der Waals surface area contributed by atoms with Crippen LogP contribution in [0.3, 0.4) is 0 Å². The maximum atomic E-state index is 13.7. The smallest absolute Gasteiger partial charge is 0.270 e. The number of pyridine rings is 1. The number of anilines is 1. The average Bonchev–Trinajstić information content (AvgIpc) is 3.42. The van der Waals surface area contributed by atoms with Gasteiger partial charge in [0.15, 0.2) is 0 Å². The molecule has 3 fully saturated rings. The number of halogens is 2. The monoisotopic (exact) mass is 417 g/mol. The van der Waals surface area contributed by atoms with E-state index in [2.05, 4.69) is 19.8 Å².